The lowest BCUT2D eigenvalue weighted by Gasteiger charge is -2.31. The van der Waals surface area contributed by atoms with Gasteiger partial charge in [0.1, 0.15) is 0 Å². The zero-order valence-corrected chi connectivity index (χ0v) is 8.40. The van der Waals surface area contributed by atoms with Crippen molar-refractivity contribution in [2.75, 3.05) is 27.2 Å². The maximum absolute atomic E-state index is 11.2. The highest BCUT2D eigenvalue weighted by molar-refractivity contribution is 5.75. The van der Waals surface area contributed by atoms with Gasteiger partial charge in [-0.1, -0.05) is 0 Å². The number of esters is 1. The molecule has 0 aromatic heterocycles. The van der Waals surface area contributed by atoms with Gasteiger partial charge in [0, 0.05) is 13.1 Å². The lowest BCUT2D eigenvalue weighted by atomic mass is 9.89. The average molecular weight is 201 g/mol. The SMILES string of the molecule is COC(=O)[C@H]1C[C@@H](C(=O)O)CN(C)C1. The van der Waals surface area contributed by atoms with E-state index in [2.05, 4.69) is 4.74 Å². The lowest BCUT2D eigenvalue weighted by Crippen LogP contribution is -2.43. The summed E-state index contributed by atoms with van der Waals surface area (Å²) in [7, 11) is 3.14. The van der Waals surface area contributed by atoms with Gasteiger partial charge in [-0.25, -0.2) is 0 Å². The van der Waals surface area contributed by atoms with Crippen molar-refractivity contribution < 1.29 is 19.4 Å². The Bertz CT molecular complexity index is 241. The van der Waals surface area contributed by atoms with Gasteiger partial charge in [0.2, 0.25) is 0 Å². The molecular formula is C9H15NO4. The van der Waals surface area contributed by atoms with Crippen LogP contribution in [0.15, 0.2) is 0 Å². The molecule has 1 aliphatic heterocycles. The number of hydrogen-bond donors (Lipinski definition) is 1. The highest BCUT2D eigenvalue weighted by Crippen LogP contribution is 2.21. The van der Waals surface area contributed by atoms with E-state index >= 15 is 0 Å². The van der Waals surface area contributed by atoms with Crippen molar-refractivity contribution in [1.29, 1.82) is 0 Å². The van der Waals surface area contributed by atoms with Gasteiger partial charge in [-0.05, 0) is 13.5 Å². The molecule has 1 rings (SSSR count). The smallest absolute Gasteiger partial charge is 0.309 e. The number of aliphatic carboxylic acids is 1. The monoisotopic (exact) mass is 201 g/mol. The van der Waals surface area contributed by atoms with Gasteiger partial charge in [0.15, 0.2) is 0 Å². The number of carboxylic acids is 1. The molecule has 0 bridgehead atoms. The van der Waals surface area contributed by atoms with Crippen LogP contribution in [0, 0.1) is 11.8 Å². The summed E-state index contributed by atoms with van der Waals surface area (Å²) in [5.41, 5.74) is 0. The van der Waals surface area contributed by atoms with Gasteiger partial charge >= 0.3 is 11.9 Å². The van der Waals surface area contributed by atoms with Crippen LogP contribution in [0.1, 0.15) is 6.42 Å². The number of piperidine rings is 1. The summed E-state index contributed by atoms with van der Waals surface area (Å²) in [6.45, 7) is 1.08. The Morgan fingerprint density at radius 3 is 2.43 bits per heavy atom. The Balaban J connectivity index is 2.62. The molecule has 0 unspecified atom stereocenters. The number of likely N-dealkylation sites (tertiary alicyclic amines) is 1. The van der Waals surface area contributed by atoms with Crippen molar-refractivity contribution in [2.24, 2.45) is 11.8 Å². The molecule has 1 aliphatic rings. The Hall–Kier alpha value is -1.10. The number of methoxy groups -OCH3 is 1. The standard InChI is InChI=1S/C9H15NO4/c1-10-4-6(8(11)12)3-7(5-10)9(13)14-2/h6-7H,3-5H2,1-2H3,(H,11,12)/t6-,7+/m1/s1. The van der Waals surface area contributed by atoms with Crippen molar-refractivity contribution in [1.82, 2.24) is 4.90 Å². The molecule has 1 saturated heterocycles. The third-order valence-electron chi connectivity index (χ3n) is 2.52. The zero-order chi connectivity index (χ0) is 10.7. The van der Waals surface area contributed by atoms with Crippen molar-refractivity contribution >= 4 is 11.9 Å². The molecule has 0 aromatic rings. The average Bonchev–Trinajstić information content (AvgIpc) is 2.15. The predicted molar refractivity (Wildman–Crippen MR) is 48.7 cm³/mol. The molecule has 0 spiro atoms. The Labute approximate surface area is 82.6 Å². The summed E-state index contributed by atoms with van der Waals surface area (Å²) in [6, 6.07) is 0. The Kier molecular flexibility index (Phi) is 3.46. The molecule has 0 saturated carbocycles. The van der Waals surface area contributed by atoms with Gasteiger partial charge in [0.05, 0.1) is 18.9 Å². The van der Waals surface area contributed by atoms with E-state index in [9.17, 15) is 9.59 Å². The van der Waals surface area contributed by atoms with E-state index in [-0.39, 0.29) is 11.9 Å². The van der Waals surface area contributed by atoms with Crippen molar-refractivity contribution in [2.45, 2.75) is 6.42 Å². The van der Waals surface area contributed by atoms with Crippen LogP contribution in [0.4, 0.5) is 0 Å². The summed E-state index contributed by atoms with van der Waals surface area (Å²) in [5.74, 6) is -1.93. The third-order valence-corrected chi connectivity index (χ3v) is 2.52. The molecule has 80 valence electrons. The largest absolute Gasteiger partial charge is 0.481 e. The highest BCUT2D eigenvalue weighted by atomic mass is 16.5. The van der Waals surface area contributed by atoms with Crippen LogP contribution in [0.25, 0.3) is 0 Å². The van der Waals surface area contributed by atoms with Gasteiger partial charge in [-0.2, -0.15) is 0 Å². The van der Waals surface area contributed by atoms with E-state index in [0.717, 1.165) is 0 Å². The number of carbonyl (C=O) groups is 2. The number of hydrogen-bond acceptors (Lipinski definition) is 4. The molecule has 1 fully saturated rings. The van der Waals surface area contributed by atoms with Crippen LogP contribution in [-0.2, 0) is 14.3 Å². The number of rotatable bonds is 2. The lowest BCUT2D eigenvalue weighted by molar-refractivity contribution is -0.151. The number of ether oxygens (including phenoxy) is 1. The van der Waals surface area contributed by atoms with E-state index in [1.165, 1.54) is 7.11 Å². The number of carboxylic acid groups (broad SMARTS) is 1. The van der Waals surface area contributed by atoms with E-state index in [1.807, 2.05) is 11.9 Å². The van der Waals surface area contributed by atoms with Crippen LogP contribution in [-0.4, -0.2) is 49.2 Å². The number of nitrogens with zero attached hydrogens (tertiary/aromatic N) is 1. The zero-order valence-electron chi connectivity index (χ0n) is 8.40. The minimum absolute atomic E-state index is 0.306. The topological polar surface area (TPSA) is 66.8 Å². The van der Waals surface area contributed by atoms with Crippen molar-refractivity contribution in [3.8, 4) is 0 Å². The summed E-state index contributed by atoms with van der Waals surface area (Å²) >= 11 is 0. The van der Waals surface area contributed by atoms with Crippen LogP contribution in [0.2, 0.25) is 0 Å². The molecule has 2 atom stereocenters. The second-order valence-electron chi connectivity index (χ2n) is 3.71. The first-order valence-electron chi connectivity index (χ1n) is 4.53. The maximum Gasteiger partial charge on any atom is 0.309 e. The summed E-state index contributed by atoms with van der Waals surface area (Å²) < 4.78 is 4.61. The fourth-order valence-corrected chi connectivity index (χ4v) is 1.84. The minimum atomic E-state index is -0.842. The minimum Gasteiger partial charge on any atom is -0.481 e. The van der Waals surface area contributed by atoms with Crippen LogP contribution in [0.3, 0.4) is 0 Å². The van der Waals surface area contributed by atoms with Crippen LogP contribution in [0.5, 0.6) is 0 Å². The maximum atomic E-state index is 11.2. The van der Waals surface area contributed by atoms with Gasteiger partial charge in [-0.15, -0.1) is 0 Å². The van der Waals surface area contributed by atoms with Crippen LogP contribution >= 0.6 is 0 Å². The second kappa shape index (κ2) is 4.41. The summed E-state index contributed by atoms with van der Waals surface area (Å²) in [6.07, 6.45) is 0.381. The first-order valence-corrected chi connectivity index (χ1v) is 4.53. The number of carbonyl (C=O) groups excluding carboxylic acids is 1. The molecular weight excluding hydrogens is 186 g/mol. The summed E-state index contributed by atoms with van der Waals surface area (Å²) in [4.78, 5) is 23.9. The second-order valence-corrected chi connectivity index (χ2v) is 3.71. The van der Waals surface area contributed by atoms with E-state index in [0.29, 0.717) is 19.5 Å². The fraction of sp³-hybridized carbons (Fsp3) is 0.778. The normalized spacial score (nSPS) is 28.4. The van der Waals surface area contributed by atoms with Crippen molar-refractivity contribution in [3.63, 3.8) is 0 Å². The Morgan fingerprint density at radius 2 is 1.93 bits per heavy atom. The molecule has 0 radical (unpaired) electrons. The van der Waals surface area contributed by atoms with Crippen LogP contribution < -0.4 is 0 Å². The quantitative estimate of drug-likeness (QED) is 0.627. The van der Waals surface area contributed by atoms with E-state index in [4.69, 9.17) is 5.11 Å². The highest BCUT2D eigenvalue weighted by Gasteiger charge is 2.34. The van der Waals surface area contributed by atoms with Crippen molar-refractivity contribution in [3.05, 3.63) is 0 Å². The Morgan fingerprint density at radius 1 is 1.36 bits per heavy atom. The molecule has 5 heteroatoms. The first kappa shape index (κ1) is 11.0. The molecule has 0 aliphatic carbocycles. The predicted octanol–water partition coefficient (Wildman–Crippen LogP) is -0.188. The first-order chi connectivity index (χ1) is 6.54. The van der Waals surface area contributed by atoms with E-state index in [1.54, 1.807) is 0 Å². The van der Waals surface area contributed by atoms with E-state index < -0.39 is 11.9 Å². The molecule has 1 heterocycles. The fourth-order valence-electron chi connectivity index (χ4n) is 1.84. The molecule has 0 amide bonds. The molecule has 5 nitrogen and oxygen atoms in total. The van der Waals surface area contributed by atoms with Gasteiger partial charge in [0.25, 0.3) is 0 Å². The van der Waals surface area contributed by atoms with Gasteiger partial charge < -0.3 is 14.7 Å². The summed E-state index contributed by atoms with van der Waals surface area (Å²) in [5, 5.41) is 8.85. The molecule has 14 heavy (non-hydrogen) atoms. The molecule has 1 N–H and O–H groups in total. The third kappa shape index (κ3) is 2.45. The molecule has 0 aromatic carbocycles. The van der Waals surface area contributed by atoms with Gasteiger partial charge in [-0.3, -0.25) is 9.59 Å².